The zero-order valence-corrected chi connectivity index (χ0v) is 50.9. The first-order valence-corrected chi connectivity index (χ1v) is 32.5. The molecule has 444 valence electrons. The second-order valence-electron chi connectivity index (χ2n) is 21.3. The highest BCUT2D eigenvalue weighted by molar-refractivity contribution is 5.71. The van der Waals surface area contributed by atoms with Crippen LogP contribution in [0.2, 0.25) is 0 Å². The van der Waals surface area contributed by atoms with Crippen LogP contribution in [0.1, 0.15) is 297 Å². The van der Waals surface area contributed by atoms with Crippen molar-refractivity contribution >= 4 is 17.9 Å². The molecule has 0 heterocycles. The lowest BCUT2D eigenvalue weighted by atomic mass is 10.0. The Labute approximate surface area is 482 Å². The molecule has 1 unspecified atom stereocenters. The zero-order chi connectivity index (χ0) is 56.4. The molecule has 0 N–H and O–H groups in total. The first-order valence-electron chi connectivity index (χ1n) is 32.5. The van der Waals surface area contributed by atoms with E-state index in [1.54, 1.807) is 0 Å². The topological polar surface area (TPSA) is 78.9 Å². The van der Waals surface area contributed by atoms with Gasteiger partial charge in [-0.25, -0.2) is 0 Å². The molecule has 0 fully saturated rings. The van der Waals surface area contributed by atoms with Crippen LogP contribution in [0.3, 0.4) is 0 Å². The molecule has 0 aliphatic heterocycles. The molecule has 0 aromatic heterocycles. The summed E-state index contributed by atoms with van der Waals surface area (Å²) in [6, 6.07) is 0. The Hall–Kier alpha value is -4.19. The van der Waals surface area contributed by atoms with Crippen molar-refractivity contribution in [3.8, 4) is 0 Å². The van der Waals surface area contributed by atoms with E-state index in [1.165, 1.54) is 122 Å². The van der Waals surface area contributed by atoms with Gasteiger partial charge in [0.05, 0.1) is 0 Å². The number of allylic oxidation sites excluding steroid dienone is 20. The van der Waals surface area contributed by atoms with Crippen molar-refractivity contribution in [1.29, 1.82) is 0 Å². The van der Waals surface area contributed by atoms with Gasteiger partial charge in [-0.15, -0.1) is 0 Å². The largest absolute Gasteiger partial charge is 0.462 e. The van der Waals surface area contributed by atoms with Crippen molar-refractivity contribution < 1.29 is 28.6 Å². The molecule has 0 radical (unpaired) electrons. The first-order chi connectivity index (χ1) is 38.5. The minimum atomic E-state index is -0.797. The molecular weight excluding hydrogens is 961 g/mol. The van der Waals surface area contributed by atoms with E-state index in [0.29, 0.717) is 19.3 Å². The number of ether oxygens (including phenoxy) is 3. The standard InChI is InChI=1S/C72H120O6/c1-4-7-10-13-16-19-22-25-27-29-31-32-33-34-35-36-37-38-39-40-41-43-44-47-50-53-56-59-62-65-71(74)77-68-69(67-76-70(73)64-61-58-55-52-49-46-24-21-18-15-12-9-6-3)78-72(75)66-63-60-57-54-51-48-45-42-30-28-26-23-20-17-14-11-8-5-2/h7,9-10,12,16,18-19,21,25,27,31-32,34-35,37-38,40-41,46,49,69H,4-6,8,11,13-15,17,20,22-24,26,28-30,33,36,39,42-45,47-48,50-68H2,1-3H3/b10-7-,12-9-,19-16-,21-18-,27-25-,32-31-,35-34-,38-37-,41-40-,49-46-. The van der Waals surface area contributed by atoms with Gasteiger partial charge < -0.3 is 14.2 Å². The van der Waals surface area contributed by atoms with Crippen LogP contribution in [0.15, 0.2) is 122 Å². The molecule has 0 aliphatic rings. The fourth-order valence-corrected chi connectivity index (χ4v) is 8.91. The predicted molar refractivity (Wildman–Crippen MR) is 339 cm³/mol. The Morgan fingerprint density at radius 3 is 0.795 bits per heavy atom. The molecule has 1 atom stereocenters. The van der Waals surface area contributed by atoms with Crippen molar-refractivity contribution in [3.63, 3.8) is 0 Å². The molecule has 0 saturated carbocycles. The molecule has 0 aliphatic carbocycles. The number of hydrogen-bond donors (Lipinski definition) is 0. The van der Waals surface area contributed by atoms with Crippen LogP contribution < -0.4 is 0 Å². The van der Waals surface area contributed by atoms with Gasteiger partial charge in [0, 0.05) is 19.3 Å². The molecule has 0 rings (SSSR count). The third kappa shape index (κ3) is 62.7. The van der Waals surface area contributed by atoms with Crippen molar-refractivity contribution in [3.05, 3.63) is 122 Å². The van der Waals surface area contributed by atoms with Crippen molar-refractivity contribution in [1.82, 2.24) is 0 Å². The second-order valence-corrected chi connectivity index (χ2v) is 21.3. The van der Waals surface area contributed by atoms with Crippen molar-refractivity contribution in [2.24, 2.45) is 0 Å². The van der Waals surface area contributed by atoms with Gasteiger partial charge in [-0.3, -0.25) is 14.4 Å². The Morgan fingerprint density at radius 2 is 0.500 bits per heavy atom. The first kappa shape index (κ1) is 73.8. The highest BCUT2D eigenvalue weighted by Crippen LogP contribution is 2.16. The van der Waals surface area contributed by atoms with E-state index < -0.39 is 6.10 Å². The van der Waals surface area contributed by atoms with E-state index in [4.69, 9.17) is 14.2 Å². The SMILES string of the molecule is CC/C=C\C/C=C\C/C=C\C/C=C\C/C=C\C/C=C\C/C=C\CCCCCCCCCC(=O)OCC(COC(=O)CCCCC/C=C\C/C=C\C/C=C\CC)OC(=O)CCCCCCCCCCCCCCCCCCCC. The summed E-state index contributed by atoms with van der Waals surface area (Å²) in [5.41, 5.74) is 0. The molecule has 0 bridgehead atoms. The van der Waals surface area contributed by atoms with E-state index in [-0.39, 0.29) is 31.1 Å². The second kappa shape index (κ2) is 65.3. The Kier molecular flexibility index (Phi) is 61.8. The van der Waals surface area contributed by atoms with Gasteiger partial charge in [0.25, 0.3) is 0 Å². The average Bonchev–Trinajstić information content (AvgIpc) is 3.44. The van der Waals surface area contributed by atoms with E-state index >= 15 is 0 Å². The van der Waals surface area contributed by atoms with Crippen LogP contribution in [-0.2, 0) is 28.6 Å². The van der Waals surface area contributed by atoms with Gasteiger partial charge in [-0.1, -0.05) is 290 Å². The molecule has 0 aromatic rings. The van der Waals surface area contributed by atoms with Gasteiger partial charge in [-0.2, -0.15) is 0 Å². The Morgan fingerprint density at radius 1 is 0.269 bits per heavy atom. The van der Waals surface area contributed by atoms with E-state index in [9.17, 15) is 14.4 Å². The summed E-state index contributed by atoms with van der Waals surface area (Å²) >= 11 is 0. The maximum atomic E-state index is 12.9. The third-order valence-corrected chi connectivity index (χ3v) is 13.7. The summed E-state index contributed by atoms with van der Waals surface area (Å²) in [7, 11) is 0. The molecule has 0 amide bonds. The summed E-state index contributed by atoms with van der Waals surface area (Å²) in [5.74, 6) is -0.926. The number of esters is 3. The lowest BCUT2D eigenvalue weighted by Gasteiger charge is -2.18. The van der Waals surface area contributed by atoms with Gasteiger partial charge in [0.2, 0.25) is 0 Å². The monoisotopic (exact) mass is 1080 g/mol. The zero-order valence-electron chi connectivity index (χ0n) is 50.9. The predicted octanol–water partition coefficient (Wildman–Crippen LogP) is 22.4. The molecule has 0 aromatic carbocycles. The normalized spacial score (nSPS) is 12.9. The lowest BCUT2D eigenvalue weighted by Crippen LogP contribution is -2.30. The van der Waals surface area contributed by atoms with Gasteiger partial charge >= 0.3 is 17.9 Å². The van der Waals surface area contributed by atoms with E-state index in [1.807, 2.05) is 0 Å². The van der Waals surface area contributed by atoms with Crippen LogP contribution in [0.25, 0.3) is 0 Å². The minimum Gasteiger partial charge on any atom is -0.462 e. The molecular formula is C72H120O6. The quantitative estimate of drug-likeness (QED) is 0.0261. The van der Waals surface area contributed by atoms with Crippen molar-refractivity contribution in [2.45, 2.75) is 303 Å². The van der Waals surface area contributed by atoms with Gasteiger partial charge in [-0.05, 0) is 109 Å². The lowest BCUT2D eigenvalue weighted by molar-refractivity contribution is -0.167. The fourth-order valence-electron chi connectivity index (χ4n) is 8.91. The number of carbonyl (C=O) groups excluding carboxylic acids is 3. The maximum absolute atomic E-state index is 12.9. The molecule has 78 heavy (non-hydrogen) atoms. The smallest absolute Gasteiger partial charge is 0.306 e. The van der Waals surface area contributed by atoms with E-state index in [2.05, 4.69) is 142 Å². The van der Waals surface area contributed by atoms with Crippen LogP contribution >= 0.6 is 0 Å². The molecule has 0 spiro atoms. The summed E-state index contributed by atoms with van der Waals surface area (Å²) in [5, 5.41) is 0. The van der Waals surface area contributed by atoms with Crippen LogP contribution in [0.4, 0.5) is 0 Å². The average molecular weight is 1080 g/mol. The number of rotatable bonds is 58. The summed E-state index contributed by atoms with van der Waals surface area (Å²) in [6.45, 7) is 6.40. The van der Waals surface area contributed by atoms with Gasteiger partial charge in [0.15, 0.2) is 6.10 Å². The summed E-state index contributed by atoms with van der Waals surface area (Å²) in [4.78, 5) is 38.3. The van der Waals surface area contributed by atoms with Crippen LogP contribution in [-0.4, -0.2) is 37.2 Å². The molecule has 6 nitrogen and oxygen atoms in total. The van der Waals surface area contributed by atoms with Gasteiger partial charge in [0.1, 0.15) is 13.2 Å². The number of carbonyl (C=O) groups is 3. The van der Waals surface area contributed by atoms with Crippen LogP contribution in [0, 0.1) is 0 Å². The summed E-state index contributed by atoms with van der Waals surface area (Å²) in [6.07, 6.45) is 90.7. The Bertz CT molecular complexity index is 1620. The number of unbranched alkanes of at least 4 members (excludes halogenated alkanes) is 27. The number of hydrogen-bond acceptors (Lipinski definition) is 6. The highest BCUT2D eigenvalue weighted by Gasteiger charge is 2.19. The summed E-state index contributed by atoms with van der Waals surface area (Å²) < 4.78 is 16.9. The fraction of sp³-hybridized carbons (Fsp3) is 0.681. The highest BCUT2D eigenvalue weighted by atomic mass is 16.6. The Balaban J connectivity index is 4.34. The molecule has 6 heteroatoms. The van der Waals surface area contributed by atoms with Crippen molar-refractivity contribution in [2.75, 3.05) is 13.2 Å². The third-order valence-electron chi connectivity index (χ3n) is 13.7. The molecule has 0 saturated heterocycles. The maximum Gasteiger partial charge on any atom is 0.306 e. The minimum absolute atomic E-state index is 0.0935. The van der Waals surface area contributed by atoms with E-state index in [0.717, 1.165) is 135 Å². The van der Waals surface area contributed by atoms with Crippen LogP contribution in [0.5, 0.6) is 0 Å².